The Balaban J connectivity index is 2.58. The molecule has 0 bridgehead atoms. The lowest BCUT2D eigenvalue weighted by molar-refractivity contribution is 0.616. The second-order valence-electron chi connectivity index (χ2n) is 3.09. The van der Waals surface area contributed by atoms with Crippen LogP contribution in [0.3, 0.4) is 0 Å². The highest BCUT2D eigenvalue weighted by Crippen LogP contribution is 2.34. The lowest BCUT2D eigenvalue weighted by Gasteiger charge is -2.33. The first-order chi connectivity index (χ1) is 6.33. The largest absolute Gasteiger partial charge is 0.306 e. The number of rotatable bonds is 3. The zero-order chi connectivity index (χ0) is 9.68. The second kappa shape index (κ2) is 5.85. The smallest absolute Gasteiger partial charge is 0.0815 e. The van der Waals surface area contributed by atoms with Crippen molar-refractivity contribution in [2.75, 3.05) is 18.6 Å². The molecule has 0 aromatic heterocycles. The highest BCUT2D eigenvalue weighted by atomic mass is 32.2. The van der Waals surface area contributed by atoms with Crippen LogP contribution in [-0.4, -0.2) is 35.1 Å². The van der Waals surface area contributed by atoms with Crippen molar-refractivity contribution in [3.8, 4) is 12.3 Å². The molecule has 1 N–H and O–H groups in total. The van der Waals surface area contributed by atoms with E-state index in [0.717, 1.165) is 5.25 Å². The molecule has 3 atom stereocenters. The van der Waals surface area contributed by atoms with Gasteiger partial charge in [0, 0.05) is 22.0 Å². The van der Waals surface area contributed by atoms with Gasteiger partial charge in [-0.3, -0.25) is 0 Å². The van der Waals surface area contributed by atoms with Crippen LogP contribution < -0.4 is 5.32 Å². The Morgan fingerprint density at radius 1 is 1.54 bits per heavy atom. The summed E-state index contributed by atoms with van der Waals surface area (Å²) in [4.78, 5) is 0. The van der Waals surface area contributed by atoms with E-state index in [4.69, 9.17) is 6.42 Å². The van der Waals surface area contributed by atoms with Crippen molar-refractivity contribution in [1.29, 1.82) is 0 Å². The Morgan fingerprint density at radius 3 is 2.77 bits per heavy atom. The monoisotopic (exact) mass is 215 g/mol. The summed E-state index contributed by atoms with van der Waals surface area (Å²) in [5.74, 6) is 5.36. The summed E-state index contributed by atoms with van der Waals surface area (Å²) in [5, 5.41) is 4.54. The van der Waals surface area contributed by atoms with Gasteiger partial charge in [-0.15, -0.1) is 6.42 Å². The maximum atomic E-state index is 5.50. The molecule has 0 spiro atoms. The first-order valence-corrected chi connectivity index (χ1v) is 6.79. The fourth-order valence-electron chi connectivity index (χ4n) is 1.59. The van der Waals surface area contributed by atoms with Gasteiger partial charge < -0.3 is 5.32 Å². The van der Waals surface area contributed by atoms with E-state index in [9.17, 15) is 0 Å². The van der Waals surface area contributed by atoms with Gasteiger partial charge in [0.05, 0.1) is 6.04 Å². The summed E-state index contributed by atoms with van der Waals surface area (Å²) in [7, 11) is 1.96. The molecular weight excluding hydrogens is 198 g/mol. The molecule has 1 fully saturated rings. The number of hydrogen-bond donors (Lipinski definition) is 1. The molecule has 0 radical (unpaired) electrons. The lowest BCUT2D eigenvalue weighted by Crippen LogP contribution is -2.42. The molecule has 0 aliphatic carbocycles. The van der Waals surface area contributed by atoms with E-state index in [2.05, 4.69) is 29.9 Å². The molecule has 1 nitrogen and oxygen atoms in total. The van der Waals surface area contributed by atoms with Crippen LogP contribution in [-0.2, 0) is 0 Å². The molecule has 3 heteroatoms. The maximum absolute atomic E-state index is 5.50. The van der Waals surface area contributed by atoms with Crippen molar-refractivity contribution < 1.29 is 0 Å². The molecule has 1 aliphatic heterocycles. The summed E-state index contributed by atoms with van der Waals surface area (Å²) in [6, 6.07) is 0.239. The minimum atomic E-state index is 0.239. The third-order valence-electron chi connectivity index (χ3n) is 2.31. The fourth-order valence-corrected chi connectivity index (χ4v) is 4.80. The number of hydrogen-bond acceptors (Lipinski definition) is 3. The molecule has 0 amide bonds. The number of nitrogens with one attached hydrogen (secondary N) is 1. The normalized spacial score (nSPS) is 30.8. The summed E-state index contributed by atoms with van der Waals surface area (Å²) in [6.07, 6.45) is 6.72. The molecule has 1 heterocycles. The topological polar surface area (TPSA) is 12.0 Å². The van der Waals surface area contributed by atoms with Crippen LogP contribution >= 0.6 is 23.5 Å². The third kappa shape index (κ3) is 2.83. The van der Waals surface area contributed by atoms with Gasteiger partial charge in [-0.05, 0) is 13.5 Å². The average Bonchev–Trinajstić information content (AvgIpc) is 2.20. The van der Waals surface area contributed by atoms with E-state index >= 15 is 0 Å². The van der Waals surface area contributed by atoms with Gasteiger partial charge in [0.2, 0.25) is 0 Å². The summed E-state index contributed by atoms with van der Waals surface area (Å²) >= 11 is 4.10. The third-order valence-corrected chi connectivity index (χ3v) is 5.66. The van der Waals surface area contributed by atoms with Crippen LogP contribution in [0, 0.1) is 12.3 Å². The van der Waals surface area contributed by atoms with Gasteiger partial charge in [0.25, 0.3) is 0 Å². The van der Waals surface area contributed by atoms with E-state index < -0.39 is 0 Å². The lowest BCUT2D eigenvalue weighted by atomic mass is 10.1. The van der Waals surface area contributed by atoms with Gasteiger partial charge in [0.15, 0.2) is 0 Å². The molecule has 1 saturated heterocycles. The Kier molecular flexibility index (Phi) is 5.08. The Bertz CT molecular complexity index is 188. The minimum absolute atomic E-state index is 0.239. The highest BCUT2D eigenvalue weighted by molar-refractivity contribution is 8.07. The number of terminal acetylenes is 1. The summed E-state index contributed by atoms with van der Waals surface area (Å²) in [5.41, 5.74) is 0. The second-order valence-corrected chi connectivity index (χ2v) is 5.72. The van der Waals surface area contributed by atoms with Crippen LogP contribution in [0.4, 0.5) is 0 Å². The molecule has 0 saturated carbocycles. The zero-order valence-corrected chi connectivity index (χ0v) is 9.88. The zero-order valence-electron chi connectivity index (χ0n) is 8.25. The Hall–Kier alpha value is 0.220. The van der Waals surface area contributed by atoms with Crippen LogP contribution in [0.1, 0.15) is 13.3 Å². The van der Waals surface area contributed by atoms with Gasteiger partial charge >= 0.3 is 0 Å². The van der Waals surface area contributed by atoms with E-state index in [0.29, 0.717) is 5.25 Å². The van der Waals surface area contributed by atoms with Crippen molar-refractivity contribution >= 4 is 23.5 Å². The standard InChI is InChI=1S/C10H17NS2/c1-4-8(11-3)10-9(5-2)12-6-7-13-10/h1,8-11H,5-7H2,2-3H3. The van der Waals surface area contributed by atoms with E-state index in [1.165, 1.54) is 17.9 Å². The quantitative estimate of drug-likeness (QED) is 0.722. The first kappa shape index (κ1) is 11.3. The molecule has 1 aliphatic rings. The summed E-state index contributed by atoms with van der Waals surface area (Å²) in [6.45, 7) is 2.25. The maximum Gasteiger partial charge on any atom is 0.0815 e. The molecular formula is C10H17NS2. The van der Waals surface area contributed by atoms with Crippen molar-refractivity contribution in [3.05, 3.63) is 0 Å². The highest BCUT2D eigenvalue weighted by Gasteiger charge is 2.29. The molecule has 0 aromatic carbocycles. The van der Waals surface area contributed by atoms with Crippen LogP contribution in [0.5, 0.6) is 0 Å². The van der Waals surface area contributed by atoms with Crippen molar-refractivity contribution in [2.24, 2.45) is 0 Å². The molecule has 74 valence electrons. The molecule has 3 unspecified atom stereocenters. The predicted molar refractivity (Wildman–Crippen MR) is 64.5 cm³/mol. The fraction of sp³-hybridized carbons (Fsp3) is 0.800. The SMILES string of the molecule is C#CC(NC)C1SCCSC1CC. The molecule has 1 rings (SSSR count). The van der Waals surface area contributed by atoms with Gasteiger partial charge in [-0.2, -0.15) is 23.5 Å². The molecule has 0 aromatic rings. The number of thioether (sulfide) groups is 2. The Labute approximate surface area is 89.8 Å². The van der Waals surface area contributed by atoms with Crippen LogP contribution in [0.15, 0.2) is 0 Å². The van der Waals surface area contributed by atoms with Crippen LogP contribution in [0.25, 0.3) is 0 Å². The Morgan fingerprint density at radius 2 is 2.23 bits per heavy atom. The van der Waals surface area contributed by atoms with E-state index in [1.807, 2.05) is 18.8 Å². The van der Waals surface area contributed by atoms with Gasteiger partial charge in [-0.25, -0.2) is 0 Å². The first-order valence-electron chi connectivity index (χ1n) is 4.70. The van der Waals surface area contributed by atoms with Crippen LogP contribution in [0.2, 0.25) is 0 Å². The minimum Gasteiger partial charge on any atom is -0.306 e. The van der Waals surface area contributed by atoms with Gasteiger partial charge in [0.1, 0.15) is 0 Å². The van der Waals surface area contributed by atoms with E-state index in [1.54, 1.807) is 0 Å². The van der Waals surface area contributed by atoms with Gasteiger partial charge in [-0.1, -0.05) is 12.8 Å². The summed E-state index contributed by atoms with van der Waals surface area (Å²) < 4.78 is 0. The van der Waals surface area contributed by atoms with Crippen molar-refractivity contribution in [2.45, 2.75) is 29.9 Å². The average molecular weight is 215 g/mol. The molecule has 13 heavy (non-hydrogen) atoms. The van der Waals surface area contributed by atoms with E-state index in [-0.39, 0.29) is 6.04 Å². The van der Waals surface area contributed by atoms with Crippen molar-refractivity contribution in [1.82, 2.24) is 5.32 Å². The predicted octanol–water partition coefficient (Wildman–Crippen LogP) is 1.83. The van der Waals surface area contributed by atoms with Crippen molar-refractivity contribution in [3.63, 3.8) is 0 Å².